The topological polar surface area (TPSA) is 48.2 Å². The molecule has 1 aliphatic rings. The highest BCUT2D eigenvalue weighted by Crippen LogP contribution is 2.41. The Bertz CT molecular complexity index is 375. The summed E-state index contributed by atoms with van der Waals surface area (Å²) in [6, 6.07) is 0. The second-order valence-electron chi connectivity index (χ2n) is 4.56. The molecule has 0 aromatic carbocycles. The first-order chi connectivity index (χ1) is 7.70. The van der Waals surface area contributed by atoms with E-state index in [0.29, 0.717) is 17.6 Å². The van der Waals surface area contributed by atoms with Crippen LogP contribution in [-0.2, 0) is 10.3 Å². The fourth-order valence-corrected chi connectivity index (χ4v) is 2.49. The van der Waals surface area contributed by atoms with Gasteiger partial charge in [0.25, 0.3) is 0 Å². The number of rotatable bonds is 3. The summed E-state index contributed by atoms with van der Waals surface area (Å²) in [6.07, 6.45) is 5.87. The van der Waals surface area contributed by atoms with Gasteiger partial charge in [-0.3, -0.25) is 0 Å². The first-order valence-electron chi connectivity index (χ1n) is 5.72. The summed E-state index contributed by atoms with van der Waals surface area (Å²) >= 11 is 0. The van der Waals surface area contributed by atoms with E-state index in [1.165, 1.54) is 6.42 Å². The monoisotopic (exact) mass is 222 g/mol. The first-order valence-corrected chi connectivity index (χ1v) is 5.72. The van der Waals surface area contributed by atoms with Crippen LogP contribution >= 0.6 is 0 Å². The van der Waals surface area contributed by atoms with Crippen LogP contribution in [0.3, 0.4) is 0 Å². The minimum absolute atomic E-state index is 0.359. The van der Waals surface area contributed by atoms with E-state index in [4.69, 9.17) is 9.26 Å². The summed E-state index contributed by atoms with van der Waals surface area (Å²) in [6.45, 7) is 5.85. The lowest BCUT2D eigenvalue weighted by molar-refractivity contribution is -0.0658. The van der Waals surface area contributed by atoms with Gasteiger partial charge in [-0.05, 0) is 31.3 Å². The molecule has 2 atom stereocenters. The zero-order valence-electron chi connectivity index (χ0n) is 9.90. The SMILES string of the molecule is C=Cc1nc(C2(OC)CCCC(C)C2)no1. The van der Waals surface area contributed by atoms with E-state index in [2.05, 4.69) is 23.6 Å². The smallest absolute Gasteiger partial charge is 0.250 e. The maximum absolute atomic E-state index is 5.67. The molecule has 88 valence electrons. The minimum atomic E-state index is -0.359. The molecular formula is C12H18N2O2. The van der Waals surface area contributed by atoms with Gasteiger partial charge < -0.3 is 9.26 Å². The average Bonchev–Trinajstić information content (AvgIpc) is 2.78. The lowest BCUT2D eigenvalue weighted by atomic mass is 9.78. The van der Waals surface area contributed by atoms with Crippen LogP contribution < -0.4 is 0 Å². The van der Waals surface area contributed by atoms with E-state index >= 15 is 0 Å². The Morgan fingerprint density at radius 2 is 2.44 bits per heavy atom. The van der Waals surface area contributed by atoms with E-state index in [-0.39, 0.29) is 5.60 Å². The summed E-state index contributed by atoms with van der Waals surface area (Å²) in [5.41, 5.74) is -0.359. The van der Waals surface area contributed by atoms with Crippen molar-refractivity contribution in [1.82, 2.24) is 10.1 Å². The summed E-state index contributed by atoms with van der Waals surface area (Å²) in [5, 5.41) is 4.01. The van der Waals surface area contributed by atoms with Crippen molar-refractivity contribution in [2.75, 3.05) is 7.11 Å². The largest absolute Gasteiger partial charge is 0.370 e. The number of methoxy groups -OCH3 is 1. The second-order valence-corrected chi connectivity index (χ2v) is 4.56. The molecule has 0 saturated heterocycles. The van der Waals surface area contributed by atoms with Crippen molar-refractivity contribution in [1.29, 1.82) is 0 Å². The standard InChI is InChI=1S/C12H18N2O2/c1-4-10-13-11(14-16-10)12(15-3)7-5-6-9(2)8-12/h4,9H,1,5-8H2,2-3H3. The molecule has 4 nitrogen and oxygen atoms in total. The Morgan fingerprint density at radius 1 is 1.62 bits per heavy atom. The number of hydrogen-bond donors (Lipinski definition) is 0. The normalized spacial score (nSPS) is 30.2. The van der Waals surface area contributed by atoms with Crippen molar-refractivity contribution < 1.29 is 9.26 Å². The van der Waals surface area contributed by atoms with Gasteiger partial charge in [-0.15, -0.1) is 0 Å². The van der Waals surface area contributed by atoms with Gasteiger partial charge in [-0.1, -0.05) is 25.1 Å². The molecule has 0 spiro atoms. The molecule has 0 radical (unpaired) electrons. The van der Waals surface area contributed by atoms with E-state index < -0.39 is 0 Å². The molecular weight excluding hydrogens is 204 g/mol. The molecule has 1 aromatic heterocycles. The van der Waals surface area contributed by atoms with Crippen LogP contribution in [0.5, 0.6) is 0 Å². The van der Waals surface area contributed by atoms with Crippen LogP contribution in [-0.4, -0.2) is 17.3 Å². The third-order valence-corrected chi connectivity index (χ3v) is 3.37. The maximum atomic E-state index is 5.67. The lowest BCUT2D eigenvalue weighted by Gasteiger charge is -2.36. The van der Waals surface area contributed by atoms with Crippen LogP contribution in [0, 0.1) is 5.92 Å². The van der Waals surface area contributed by atoms with Crippen molar-refractivity contribution in [2.45, 2.75) is 38.2 Å². The van der Waals surface area contributed by atoms with Crippen molar-refractivity contribution in [3.63, 3.8) is 0 Å². The molecule has 1 saturated carbocycles. The van der Waals surface area contributed by atoms with Gasteiger partial charge in [0.2, 0.25) is 11.7 Å². The van der Waals surface area contributed by atoms with Crippen LogP contribution in [0.15, 0.2) is 11.1 Å². The van der Waals surface area contributed by atoms with Gasteiger partial charge in [-0.2, -0.15) is 4.98 Å². The number of aromatic nitrogens is 2. The average molecular weight is 222 g/mol. The number of nitrogens with zero attached hydrogens (tertiary/aromatic N) is 2. The molecule has 4 heteroatoms. The number of ether oxygens (including phenoxy) is 1. The molecule has 2 rings (SSSR count). The zero-order chi connectivity index (χ0) is 11.6. The summed E-state index contributed by atoms with van der Waals surface area (Å²) in [7, 11) is 1.72. The van der Waals surface area contributed by atoms with Gasteiger partial charge >= 0.3 is 0 Å². The lowest BCUT2D eigenvalue weighted by Crippen LogP contribution is -2.35. The Balaban J connectivity index is 2.29. The fourth-order valence-electron chi connectivity index (χ4n) is 2.49. The fraction of sp³-hybridized carbons (Fsp3) is 0.667. The third kappa shape index (κ3) is 1.89. The van der Waals surface area contributed by atoms with Crippen molar-refractivity contribution in [3.8, 4) is 0 Å². The van der Waals surface area contributed by atoms with Crippen LogP contribution in [0.2, 0.25) is 0 Å². The molecule has 1 aliphatic carbocycles. The molecule has 2 unspecified atom stereocenters. The highest BCUT2D eigenvalue weighted by atomic mass is 16.5. The molecule has 0 bridgehead atoms. The molecule has 1 heterocycles. The highest BCUT2D eigenvalue weighted by molar-refractivity contribution is 5.33. The summed E-state index contributed by atoms with van der Waals surface area (Å²) in [4.78, 5) is 4.31. The van der Waals surface area contributed by atoms with Gasteiger partial charge in [0.05, 0.1) is 0 Å². The van der Waals surface area contributed by atoms with Crippen molar-refractivity contribution >= 4 is 6.08 Å². The van der Waals surface area contributed by atoms with Crippen LogP contribution in [0.25, 0.3) is 6.08 Å². The van der Waals surface area contributed by atoms with E-state index in [1.807, 2.05) is 0 Å². The van der Waals surface area contributed by atoms with Crippen molar-refractivity contribution in [2.24, 2.45) is 5.92 Å². The predicted molar refractivity (Wildman–Crippen MR) is 60.7 cm³/mol. The third-order valence-electron chi connectivity index (χ3n) is 3.37. The highest BCUT2D eigenvalue weighted by Gasteiger charge is 2.40. The Kier molecular flexibility index (Phi) is 3.10. The van der Waals surface area contributed by atoms with E-state index in [0.717, 1.165) is 19.3 Å². The second kappa shape index (κ2) is 4.37. The Morgan fingerprint density at radius 3 is 3.00 bits per heavy atom. The van der Waals surface area contributed by atoms with Gasteiger partial charge in [0.15, 0.2) is 0 Å². The van der Waals surface area contributed by atoms with Crippen molar-refractivity contribution in [3.05, 3.63) is 18.3 Å². The molecule has 16 heavy (non-hydrogen) atoms. The maximum Gasteiger partial charge on any atom is 0.250 e. The Hall–Kier alpha value is -1.16. The molecule has 0 N–H and O–H groups in total. The molecule has 0 aliphatic heterocycles. The van der Waals surface area contributed by atoms with Gasteiger partial charge in [0, 0.05) is 7.11 Å². The van der Waals surface area contributed by atoms with Crippen LogP contribution in [0.4, 0.5) is 0 Å². The summed E-state index contributed by atoms with van der Waals surface area (Å²) in [5.74, 6) is 1.76. The summed E-state index contributed by atoms with van der Waals surface area (Å²) < 4.78 is 10.7. The Labute approximate surface area is 95.7 Å². The zero-order valence-corrected chi connectivity index (χ0v) is 9.90. The quantitative estimate of drug-likeness (QED) is 0.789. The van der Waals surface area contributed by atoms with Gasteiger partial charge in [0.1, 0.15) is 5.60 Å². The molecule has 1 fully saturated rings. The number of hydrogen-bond acceptors (Lipinski definition) is 4. The van der Waals surface area contributed by atoms with E-state index in [9.17, 15) is 0 Å². The molecule has 1 aromatic rings. The molecule has 0 amide bonds. The predicted octanol–water partition coefficient (Wildman–Crippen LogP) is 2.76. The minimum Gasteiger partial charge on any atom is -0.370 e. The van der Waals surface area contributed by atoms with Gasteiger partial charge in [-0.25, -0.2) is 0 Å². The van der Waals surface area contributed by atoms with Crippen LogP contribution in [0.1, 0.15) is 44.3 Å². The van der Waals surface area contributed by atoms with E-state index in [1.54, 1.807) is 13.2 Å². The first kappa shape index (κ1) is 11.3.